The lowest BCUT2D eigenvalue weighted by molar-refractivity contribution is 0.106. The van der Waals surface area contributed by atoms with Gasteiger partial charge in [0.2, 0.25) is 0 Å². The van der Waals surface area contributed by atoms with Gasteiger partial charge in [0.1, 0.15) is 6.67 Å². The van der Waals surface area contributed by atoms with Crippen LogP contribution in [0, 0.1) is 6.92 Å². The summed E-state index contributed by atoms with van der Waals surface area (Å²) in [5, 5.41) is 0. The van der Waals surface area contributed by atoms with Gasteiger partial charge in [0.25, 0.3) is 0 Å². The van der Waals surface area contributed by atoms with Gasteiger partial charge in [0.15, 0.2) is 0 Å². The van der Waals surface area contributed by atoms with E-state index in [0.717, 1.165) is 11.3 Å². The van der Waals surface area contributed by atoms with Gasteiger partial charge < -0.3 is 4.74 Å². The highest BCUT2D eigenvalue weighted by Crippen LogP contribution is 2.00. The third kappa shape index (κ3) is 2.96. The molecule has 0 aliphatic heterocycles. The number of nitrogens with zero attached hydrogens (tertiary/aromatic N) is 1. The first-order valence-corrected chi connectivity index (χ1v) is 3.88. The van der Waals surface area contributed by atoms with Crippen molar-refractivity contribution in [2.24, 2.45) is 0 Å². The molecule has 0 bridgehead atoms. The first kappa shape index (κ1) is 9.13. The summed E-state index contributed by atoms with van der Waals surface area (Å²) in [6.07, 6.45) is 1.74. The molecule has 0 aromatic carbocycles. The molecule has 0 fully saturated rings. The van der Waals surface area contributed by atoms with E-state index in [1.807, 2.05) is 19.1 Å². The Bertz CT molecular complexity index is 222. The van der Waals surface area contributed by atoms with E-state index in [1.54, 1.807) is 6.20 Å². The summed E-state index contributed by atoms with van der Waals surface area (Å²) in [6.45, 7) is 2.09. The standard InChI is InChI=1S/C9H12FNO/c1-8-2-3-9(6-11-8)7-12-5-4-10/h2-3,6H,4-5,7H2,1H3. The van der Waals surface area contributed by atoms with E-state index >= 15 is 0 Å². The molecule has 12 heavy (non-hydrogen) atoms. The molecule has 0 unspecified atom stereocenters. The van der Waals surface area contributed by atoms with Gasteiger partial charge in [-0.2, -0.15) is 0 Å². The molecule has 0 aliphatic rings. The van der Waals surface area contributed by atoms with Crippen LogP contribution in [0.2, 0.25) is 0 Å². The zero-order chi connectivity index (χ0) is 8.81. The lowest BCUT2D eigenvalue weighted by atomic mass is 10.3. The highest BCUT2D eigenvalue weighted by atomic mass is 19.1. The van der Waals surface area contributed by atoms with Crippen LogP contribution in [0.5, 0.6) is 0 Å². The number of halogens is 1. The van der Waals surface area contributed by atoms with Crippen LogP contribution in [0.1, 0.15) is 11.3 Å². The summed E-state index contributed by atoms with van der Waals surface area (Å²) in [5.41, 5.74) is 1.96. The van der Waals surface area contributed by atoms with Gasteiger partial charge in [-0.15, -0.1) is 0 Å². The van der Waals surface area contributed by atoms with Crippen molar-refractivity contribution in [3.8, 4) is 0 Å². The third-order valence-corrected chi connectivity index (χ3v) is 1.46. The van der Waals surface area contributed by atoms with Crippen LogP contribution in [0.15, 0.2) is 18.3 Å². The van der Waals surface area contributed by atoms with Gasteiger partial charge in [-0.05, 0) is 18.6 Å². The number of pyridine rings is 1. The summed E-state index contributed by atoms with van der Waals surface area (Å²) in [5.74, 6) is 0. The minimum absolute atomic E-state index is 0.161. The monoisotopic (exact) mass is 169 g/mol. The Morgan fingerprint density at radius 1 is 1.50 bits per heavy atom. The van der Waals surface area contributed by atoms with Crippen molar-refractivity contribution in [2.45, 2.75) is 13.5 Å². The fraction of sp³-hybridized carbons (Fsp3) is 0.444. The molecule has 0 atom stereocenters. The van der Waals surface area contributed by atoms with E-state index in [1.165, 1.54) is 0 Å². The topological polar surface area (TPSA) is 22.1 Å². The maximum absolute atomic E-state index is 11.6. The quantitative estimate of drug-likeness (QED) is 0.642. The summed E-state index contributed by atoms with van der Waals surface area (Å²) in [7, 11) is 0. The van der Waals surface area contributed by atoms with Crippen molar-refractivity contribution in [1.29, 1.82) is 0 Å². The number of alkyl halides is 1. The van der Waals surface area contributed by atoms with Crippen LogP contribution < -0.4 is 0 Å². The molecule has 0 spiro atoms. The summed E-state index contributed by atoms with van der Waals surface area (Å²) < 4.78 is 16.6. The van der Waals surface area contributed by atoms with E-state index in [9.17, 15) is 4.39 Å². The minimum atomic E-state index is -0.431. The van der Waals surface area contributed by atoms with Crippen LogP contribution in [0.25, 0.3) is 0 Å². The lowest BCUT2D eigenvalue weighted by Crippen LogP contribution is -1.97. The summed E-state index contributed by atoms with van der Waals surface area (Å²) >= 11 is 0. The van der Waals surface area contributed by atoms with E-state index in [2.05, 4.69) is 4.98 Å². The number of aryl methyl sites for hydroxylation is 1. The lowest BCUT2D eigenvalue weighted by Gasteiger charge is -2.00. The zero-order valence-corrected chi connectivity index (χ0v) is 7.09. The number of aromatic nitrogens is 1. The Morgan fingerprint density at radius 2 is 2.33 bits per heavy atom. The molecule has 1 aromatic heterocycles. The normalized spacial score (nSPS) is 10.2. The molecule has 1 aromatic rings. The second-order valence-electron chi connectivity index (χ2n) is 2.55. The van der Waals surface area contributed by atoms with Gasteiger partial charge in [-0.25, -0.2) is 4.39 Å². The number of ether oxygens (including phenoxy) is 1. The Kier molecular flexibility index (Phi) is 3.67. The van der Waals surface area contributed by atoms with Gasteiger partial charge in [0.05, 0.1) is 13.2 Å². The summed E-state index contributed by atoms with van der Waals surface area (Å²) in [6, 6.07) is 3.84. The van der Waals surface area contributed by atoms with Crippen molar-refractivity contribution in [3.63, 3.8) is 0 Å². The van der Waals surface area contributed by atoms with Gasteiger partial charge in [0, 0.05) is 11.9 Å². The second kappa shape index (κ2) is 4.83. The van der Waals surface area contributed by atoms with E-state index in [-0.39, 0.29) is 6.61 Å². The highest BCUT2D eigenvalue weighted by molar-refractivity contribution is 5.11. The highest BCUT2D eigenvalue weighted by Gasteiger charge is 1.92. The van der Waals surface area contributed by atoms with Crippen LogP contribution in [-0.4, -0.2) is 18.3 Å². The molecule has 0 N–H and O–H groups in total. The minimum Gasteiger partial charge on any atom is -0.374 e. The number of rotatable bonds is 4. The molecular formula is C9H12FNO. The van der Waals surface area contributed by atoms with Crippen molar-refractivity contribution < 1.29 is 9.13 Å². The SMILES string of the molecule is Cc1ccc(COCCF)cn1. The predicted molar refractivity (Wildman–Crippen MR) is 44.6 cm³/mol. The molecule has 0 saturated heterocycles. The predicted octanol–water partition coefficient (Wildman–Crippen LogP) is 1.88. The molecule has 3 heteroatoms. The maximum Gasteiger partial charge on any atom is 0.113 e. The fourth-order valence-electron chi connectivity index (χ4n) is 0.828. The van der Waals surface area contributed by atoms with Gasteiger partial charge in [-0.1, -0.05) is 6.07 Å². The van der Waals surface area contributed by atoms with Gasteiger partial charge in [-0.3, -0.25) is 4.98 Å². The molecule has 1 rings (SSSR count). The maximum atomic E-state index is 11.6. The third-order valence-electron chi connectivity index (χ3n) is 1.46. The Hall–Kier alpha value is -0.960. The average molecular weight is 169 g/mol. The van der Waals surface area contributed by atoms with Crippen LogP contribution in [0.3, 0.4) is 0 Å². The van der Waals surface area contributed by atoms with Crippen LogP contribution >= 0.6 is 0 Å². The first-order chi connectivity index (χ1) is 5.83. The molecule has 0 amide bonds. The average Bonchev–Trinajstić information content (AvgIpc) is 2.09. The molecular weight excluding hydrogens is 157 g/mol. The Labute approximate surface area is 71.4 Å². The van der Waals surface area contributed by atoms with Gasteiger partial charge >= 0.3 is 0 Å². The zero-order valence-electron chi connectivity index (χ0n) is 7.09. The Morgan fingerprint density at radius 3 is 2.92 bits per heavy atom. The van der Waals surface area contributed by atoms with Crippen molar-refractivity contribution in [3.05, 3.63) is 29.6 Å². The van der Waals surface area contributed by atoms with E-state index < -0.39 is 6.67 Å². The second-order valence-corrected chi connectivity index (χ2v) is 2.55. The fourth-order valence-corrected chi connectivity index (χ4v) is 0.828. The Balaban J connectivity index is 2.37. The van der Waals surface area contributed by atoms with Crippen LogP contribution in [-0.2, 0) is 11.3 Å². The first-order valence-electron chi connectivity index (χ1n) is 3.88. The molecule has 2 nitrogen and oxygen atoms in total. The van der Waals surface area contributed by atoms with Crippen molar-refractivity contribution in [1.82, 2.24) is 4.98 Å². The van der Waals surface area contributed by atoms with Crippen molar-refractivity contribution >= 4 is 0 Å². The van der Waals surface area contributed by atoms with E-state index in [0.29, 0.717) is 6.61 Å². The summed E-state index contributed by atoms with van der Waals surface area (Å²) in [4.78, 5) is 4.08. The largest absolute Gasteiger partial charge is 0.374 e. The molecule has 0 saturated carbocycles. The molecule has 66 valence electrons. The van der Waals surface area contributed by atoms with Crippen LogP contribution in [0.4, 0.5) is 4.39 Å². The smallest absolute Gasteiger partial charge is 0.113 e. The van der Waals surface area contributed by atoms with Crippen molar-refractivity contribution in [2.75, 3.05) is 13.3 Å². The number of hydrogen-bond acceptors (Lipinski definition) is 2. The molecule has 0 radical (unpaired) electrons. The number of hydrogen-bond donors (Lipinski definition) is 0. The molecule has 1 heterocycles. The molecule has 0 aliphatic carbocycles. The van der Waals surface area contributed by atoms with E-state index in [4.69, 9.17) is 4.74 Å².